The molecule has 0 unspecified atom stereocenters. The van der Waals surface area contributed by atoms with Crippen LogP contribution in [0.25, 0.3) is 0 Å². The molecule has 0 atom stereocenters. The Balaban J connectivity index is 1.75. The van der Waals surface area contributed by atoms with Gasteiger partial charge < -0.3 is 15.6 Å². The van der Waals surface area contributed by atoms with Crippen molar-refractivity contribution in [3.05, 3.63) is 11.7 Å². The van der Waals surface area contributed by atoms with Crippen molar-refractivity contribution >= 4 is 11.8 Å². The van der Waals surface area contributed by atoms with Crippen molar-refractivity contribution < 1.29 is 14.1 Å². The average molecular weight is 281 g/mol. The summed E-state index contributed by atoms with van der Waals surface area (Å²) in [5.41, 5.74) is 4.99. The number of amides is 2. The molecule has 20 heavy (non-hydrogen) atoms. The molecule has 1 heterocycles. The summed E-state index contributed by atoms with van der Waals surface area (Å²) in [5.74, 6) is -0.908. The number of primary amides is 1. The van der Waals surface area contributed by atoms with Crippen molar-refractivity contribution in [3.63, 3.8) is 0 Å². The quantitative estimate of drug-likeness (QED) is 0.737. The summed E-state index contributed by atoms with van der Waals surface area (Å²) < 4.78 is 4.62. The maximum Gasteiger partial charge on any atom is 0.315 e. The number of likely N-dealkylation sites (N-methyl/N-ethyl adjacent to an activating group) is 1. The summed E-state index contributed by atoms with van der Waals surface area (Å²) in [6, 6.07) is 0.493. The molecule has 1 aliphatic rings. The van der Waals surface area contributed by atoms with Crippen molar-refractivity contribution in [1.82, 2.24) is 20.4 Å². The molecule has 0 radical (unpaired) electrons. The molecular weight excluding hydrogens is 262 g/mol. The van der Waals surface area contributed by atoms with Crippen LogP contribution < -0.4 is 11.1 Å². The maximum absolute atomic E-state index is 11.8. The first-order valence-electron chi connectivity index (χ1n) is 6.65. The maximum atomic E-state index is 11.8. The molecule has 1 fully saturated rings. The van der Waals surface area contributed by atoms with Gasteiger partial charge in [0.05, 0.1) is 13.1 Å². The third kappa shape index (κ3) is 3.77. The first-order chi connectivity index (χ1) is 9.56. The molecule has 2 rings (SSSR count). The van der Waals surface area contributed by atoms with Crippen LogP contribution in [0.2, 0.25) is 0 Å². The molecular formula is C12H19N5O3. The Bertz CT molecular complexity index is 481. The van der Waals surface area contributed by atoms with Crippen LogP contribution in [0.5, 0.6) is 0 Å². The number of rotatable bonds is 6. The lowest BCUT2D eigenvalue weighted by Gasteiger charge is -2.22. The van der Waals surface area contributed by atoms with E-state index in [0.29, 0.717) is 12.6 Å². The van der Waals surface area contributed by atoms with Gasteiger partial charge in [0.15, 0.2) is 5.82 Å². The van der Waals surface area contributed by atoms with E-state index in [1.54, 1.807) is 0 Å². The van der Waals surface area contributed by atoms with Crippen LogP contribution in [0, 0.1) is 0 Å². The highest BCUT2D eigenvalue weighted by molar-refractivity contribution is 5.87. The number of nitrogens with one attached hydrogen (secondary N) is 1. The number of nitrogens with zero attached hydrogens (tertiary/aromatic N) is 3. The molecule has 0 aromatic carbocycles. The van der Waals surface area contributed by atoms with Crippen LogP contribution in [-0.4, -0.2) is 46.5 Å². The normalized spacial score (nSPS) is 15.7. The fraction of sp³-hybridized carbons (Fsp3) is 0.667. The van der Waals surface area contributed by atoms with Crippen molar-refractivity contribution in [1.29, 1.82) is 0 Å². The zero-order valence-corrected chi connectivity index (χ0v) is 11.5. The molecule has 3 N–H and O–H groups in total. The Kier molecular flexibility index (Phi) is 4.67. The predicted octanol–water partition coefficient (Wildman–Crippen LogP) is -0.341. The number of carbonyl (C=O) groups is 2. The Labute approximate surface area is 116 Å². The zero-order valence-electron chi connectivity index (χ0n) is 11.5. The van der Waals surface area contributed by atoms with E-state index in [2.05, 4.69) is 24.9 Å². The van der Waals surface area contributed by atoms with Gasteiger partial charge in [0, 0.05) is 6.04 Å². The highest BCUT2D eigenvalue weighted by Crippen LogP contribution is 2.21. The number of nitrogens with two attached hydrogens (primary N) is 1. The van der Waals surface area contributed by atoms with Crippen LogP contribution in [-0.2, 0) is 11.3 Å². The second kappa shape index (κ2) is 6.47. The van der Waals surface area contributed by atoms with Gasteiger partial charge >= 0.3 is 11.8 Å². The van der Waals surface area contributed by atoms with Crippen molar-refractivity contribution in [3.8, 4) is 0 Å². The molecule has 1 aromatic rings. The largest absolute Gasteiger partial charge is 0.361 e. The van der Waals surface area contributed by atoms with Crippen LogP contribution in [0.15, 0.2) is 4.52 Å². The minimum absolute atomic E-state index is 0.107. The van der Waals surface area contributed by atoms with Gasteiger partial charge in [0.1, 0.15) is 0 Å². The Morgan fingerprint density at radius 2 is 2.15 bits per heavy atom. The third-order valence-corrected chi connectivity index (χ3v) is 3.46. The van der Waals surface area contributed by atoms with Gasteiger partial charge in [0.25, 0.3) is 0 Å². The lowest BCUT2D eigenvalue weighted by atomic mass is 10.2. The van der Waals surface area contributed by atoms with Crippen LogP contribution in [0.3, 0.4) is 0 Å². The van der Waals surface area contributed by atoms with Crippen LogP contribution in [0.4, 0.5) is 0 Å². The van der Waals surface area contributed by atoms with Crippen molar-refractivity contribution in [2.24, 2.45) is 5.73 Å². The second-order valence-electron chi connectivity index (χ2n) is 5.01. The van der Waals surface area contributed by atoms with Gasteiger partial charge in [-0.25, -0.2) is 0 Å². The summed E-state index contributed by atoms with van der Waals surface area (Å²) in [4.78, 5) is 28.4. The fourth-order valence-electron chi connectivity index (χ4n) is 2.36. The predicted molar refractivity (Wildman–Crippen MR) is 69.5 cm³/mol. The van der Waals surface area contributed by atoms with Gasteiger partial charge in [-0.15, -0.1) is 0 Å². The fourth-order valence-corrected chi connectivity index (χ4v) is 2.36. The number of aromatic nitrogens is 2. The molecule has 0 saturated heterocycles. The van der Waals surface area contributed by atoms with Crippen LogP contribution >= 0.6 is 0 Å². The molecule has 0 bridgehead atoms. The number of hydrogen-bond donors (Lipinski definition) is 2. The smallest absolute Gasteiger partial charge is 0.315 e. The molecule has 8 heteroatoms. The van der Waals surface area contributed by atoms with Gasteiger partial charge in [-0.1, -0.05) is 18.0 Å². The van der Waals surface area contributed by atoms with E-state index in [9.17, 15) is 9.59 Å². The van der Waals surface area contributed by atoms with E-state index < -0.39 is 5.91 Å². The van der Waals surface area contributed by atoms with E-state index in [-0.39, 0.29) is 24.2 Å². The molecule has 2 amide bonds. The topological polar surface area (TPSA) is 114 Å². The number of hydrogen-bond acceptors (Lipinski definition) is 6. The molecule has 0 aliphatic heterocycles. The van der Waals surface area contributed by atoms with Gasteiger partial charge in [-0.3, -0.25) is 14.5 Å². The Hall–Kier alpha value is -1.96. The SMILES string of the molecule is CN(CC(=O)NCc1noc(C(N)=O)n1)C1CCCC1. The van der Waals surface area contributed by atoms with Gasteiger partial charge in [-0.05, 0) is 19.9 Å². The second-order valence-corrected chi connectivity index (χ2v) is 5.01. The summed E-state index contributed by atoms with van der Waals surface area (Å²) in [7, 11) is 1.95. The summed E-state index contributed by atoms with van der Waals surface area (Å²) >= 11 is 0. The summed E-state index contributed by atoms with van der Waals surface area (Å²) in [6.07, 6.45) is 4.76. The highest BCUT2D eigenvalue weighted by atomic mass is 16.5. The first kappa shape index (κ1) is 14.4. The van der Waals surface area contributed by atoms with E-state index >= 15 is 0 Å². The highest BCUT2D eigenvalue weighted by Gasteiger charge is 2.21. The summed E-state index contributed by atoms with van der Waals surface area (Å²) in [5, 5.41) is 6.24. The zero-order chi connectivity index (χ0) is 14.5. The van der Waals surface area contributed by atoms with E-state index in [1.165, 1.54) is 12.8 Å². The molecule has 1 saturated carbocycles. The summed E-state index contributed by atoms with van der Waals surface area (Å²) in [6.45, 7) is 0.458. The molecule has 110 valence electrons. The minimum atomic E-state index is -0.781. The Morgan fingerprint density at radius 3 is 2.75 bits per heavy atom. The lowest BCUT2D eigenvalue weighted by molar-refractivity contribution is -0.122. The monoisotopic (exact) mass is 281 g/mol. The van der Waals surface area contributed by atoms with Crippen LogP contribution in [0.1, 0.15) is 42.2 Å². The van der Waals surface area contributed by atoms with Crippen molar-refractivity contribution in [2.45, 2.75) is 38.3 Å². The Morgan fingerprint density at radius 1 is 1.45 bits per heavy atom. The molecule has 1 aromatic heterocycles. The van der Waals surface area contributed by atoms with Gasteiger partial charge in [-0.2, -0.15) is 4.98 Å². The average Bonchev–Trinajstić information content (AvgIpc) is 3.07. The molecule has 1 aliphatic carbocycles. The standard InChI is InChI=1S/C12H19N5O3/c1-17(8-4-2-3-5-8)7-10(18)14-6-9-15-12(11(13)19)20-16-9/h8H,2-7H2,1H3,(H2,13,19)(H,14,18). The van der Waals surface area contributed by atoms with Gasteiger partial charge in [0.2, 0.25) is 5.91 Å². The van der Waals surface area contributed by atoms with E-state index in [4.69, 9.17) is 5.73 Å². The molecule has 8 nitrogen and oxygen atoms in total. The molecule has 0 spiro atoms. The minimum Gasteiger partial charge on any atom is -0.361 e. The third-order valence-electron chi connectivity index (χ3n) is 3.46. The lowest BCUT2D eigenvalue weighted by Crippen LogP contribution is -2.39. The van der Waals surface area contributed by atoms with Crippen molar-refractivity contribution in [2.75, 3.05) is 13.6 Å². The first-order valence-corrected chi connectivity index (χ1v) is 6.65. The van der Waals surface area contributed by atoms with E-state index in [0.717, 1.165) is 12.8 Å². The van der Waals surface area contributed by atoms with E-state index in [1.807, 2.05) is 7.05 Å². The number of carbonyl (C=O) groups excluding carboxylic acids is 2.